The number of nitrogens with zero attached hydrogens (tertiary/aromatic N) is 1. The number of nitrogen functional groups attached to an aromatic ring is 1. The van der Waals surface area contributed by atoms with Crippen LogP contribution in [-0.4, -0.2) is 10.2 Å². The van der Waals surface area contributed by atoms with E-state index >= 15 is 0 Å². The molecule has 1 heterocycles. The first-order valence-electron chi connectivity index (χ1n) is 3.82. The molecule has 0 saturated heterocycles. The molecule has 0 spiro atoms. The summed E-state index contributed by atoms with van der Waals surface area (Å²) < 4.78 is 12.6. The quantitative estimate of drug-likeness (QED) is 0.763. The van der Waals surface area contributed by atoms with Crippen molar-refractivity contribution in [1.29, 1.82) is 0 Å². The van der Waals surface area contributed by atoms with Gasteiger partial charge in [-0.15, -0.1) is 12.4 Å². The molecule has 3 nitrogen and oxygen atoms in total. The molecule has 0 atom stereocenters. The maximum atomic E-state index is 12.6. The third-order valence-corrected chi connectivity index (χ3v) is 1.75. The van der Waals surface area contributed by atoms with E-state index in [1.807, 2.05) is 0 Å². The minimum absolute atomic E-state index is 0. The van der Waals surface area contributed by atoms with Gasteiger partial charge < -0.3 is 5.73 Å². The number of rotatable bonds is 1. The van der Waals surface area contributed by atoms with Gasteiger partial charge in [0.1, 0.15) is 11.6 Å². The maximum absolute atomic E-state index is 12.6. The fraction of sp³-hybridized carbons (Fsp3) is 0. The van der Waals surface area contributed by atoms with Crippen molar-refractivity contribution in [1.82, 2.24) is 10.2 Å². The van der Waals surface area contributed by atoms with Crippen molar-refractivity contribution in [3.63, 3.8) is 0 Å². The van der Waals surface area contributed by atoms with Gasteiger partial charge in [0.05, 0.1) is 5.69 Å². The molecule has 0 radical (unpaired) electrons. The van der Waals surface area contributed by atoms with Crippen molar-refractivity contribution < 1.29 is 4.39 Å². The van der Waals surface area contributed by atoms with Crippen LogP contribution in [0.25, 0.3) is 11.3 Å². The van der Waals surface area contributed by atoms with Gasteiger partial charge in [0, 0.05) is 6.07 Å². The smallest absolute Gasteiger partial charge is 0.145 e. The average Bonchev–Trinajstić information content (AvgIpc) is 2.53. The van der Waals surface area contributed by atoms with Gasteiger partial charge in [0.2, 0.25) is 0 Å². The van der Waals surface area contributed by atoms with E-state index in [0.717, 1.165) is 11.3 Å². The molecule has 74 valence electrons. The molecule has 1 aromatic heterocycles. The molecule has 0 unspecified atom stereocenters. The summed E-state index contributed by atoms with van der Waals surface area (Å²) in [6, 6.07) is 7.83. The number of nitrogens with one attached hydrogen (secondary N) is 1. The molecule has 0 bridgehead atoms. The van der Waals surface area contributed by atoms with E-state index in [4.69, 9.17) is 5.73 Å². The highest BCUT2D eigenvalue weighted by molar-refractivity contribution is 5.85. The summed E-state index contributed by atoms with van der Waals surface area (Å²) in [4.78, 5) is 0. The van der Waals surface area contributed by atoms with Gasteiger partial charge in [0.25, 0.3) is 0 Å². The van der Waals surface area contributed by atoms with Gasteiger partial charge >= 0.3 is 0 Å². The highest BCUT2D eigenvalue weighted by Crippen LogP contribution is 2.18. The summed E-state index contributed by atoms with van der Waals surface area (Å²) in [7, 11) is 0. The summed E-state index contributed by atoms with van der Waals surface area (Å²) in [5.41, 5.74) is 7.09. The maximum Gasteiger partial charge on any atom is 0.145 e. The predicted molar refractivity (Wildman–Crippen MR) is 55.6 cm³/mol. The number of H-pyrrole nitrogens is 1. The molecule has 5 heteroatoms. The molecule has 2 aromatic rings. The molecule has 2 rings (SSSR count). The van der Waals surface area contributed by atoms with Crippen molar-refractivity contribution in [2.24, 2.45) is 0 Å². The van der Waals surface area contributed by atoms with E-state index in [1.54, 1.807) is 18.2 Å². The minimum atomic E-state index is -0.253. The Labute approximate surface area is 86.5 Å². The van der Waals surface area contributed by atoms with Crippen LogP contribution in [0.1, 0.15) is 0 Å². The van der Waals surface area contributed by atoms with Crippen molar-refractivity contribution in [3.8, 4) is 11.3 Å². The Morgan fingerprint density at radius 2 is 1.86 bits per heavy atom. The monoisotopic (exact) mass is 213 g/mol. The third-order valence-electron chi connectivity index (χ3n) is 1.75. The van der Waals surface area contributed by atoms with E-state index in [2.05, 4.69) is 10.2 Å². The number of aromatic amines is 1. The average molecular weight is 214 g/mol. The van der Waals surface area contributed by atoms with Crippen LogP contribution < -0.4 is 5.73 Å². The van der Waals surface area contributed by atoms with E-state index in [0.29, 0.717) is 5.82 Å². The zero-order valence-corrected chi connectivity index (χ0v) is 8.01. The SMILES string of the molecule is Cl.Nc1cc(-c2ccc(F)cc2)[nH]n1. The molecule has 0 aliphatic heterocycles. The first kappa shape index (κ1) is 10.5. The Bertz CT molecular complexity index is 410. The lowest BCUT2D eigenvalue weighted by molar-refractivity contribution is 0.628. The Hall–Kier alpha value is -1.55. The summed E-state index contributed by atoms with van der Waals surface area (Å²) in [5, 5.41) is 6.52. The van der Waals surface area contributed by atoms with Crippen molar-refractivity contribution in [2.45, 2.75) is 0 Å². The topological polar surface area (TPSA) is 54.7 Å². The zero-order chi connectivity index (χ0) is 9.26. The normalized spacial score (nSPS) is 9.50. The first-order valence-corrected chi connectivity index (χ1v) is 3.82. The second-order valence-electron chi connectivity index (χ2n) is 2.71. The van der Waals surface area contributed by atoms with Crippen LogP contribution in [0.15, 0.2) is 30.3 Å². The molecule has 0 aliphatic carbocycles. The highest BCUT2D eigenvalue weighted by atomic mass is 35.5. The zero-order valence-electron chi connectivity index (χ0n) is 7.20. The van der Waals surface area contributed by atoms with Gasteiger partial charge in [-0.3, -0.25) is 5.10 Å². The van der Waals surface area contributed by atoms with Gasteiger partial charge in [-0.05, 0) is 29.8 Å². The molecule has 0 saturated carbocycles. The van der Waals surface area contributed by atoms with Crippen LogP contribution in [0.4, 0.5) is 10.2 Å². The highest BCUT2D eigenvalue weighted by Gasteiger charge is 2.00. The Morgan fingerprint density at radius 3 is 2.36 bits per heavy atom. The largest absolute Gasteiger partial charge is 0.382 e. The Kier molecular flexibility index (Phi) is 3.09. The third kappa shape index (κ3) is 2.03. The lowest BCUT2D eigenvalue weighted by atomic mass is 10.1. The number of hydrogen-bond acceptors (Lipinski definition) is 2. The van der Waals surface area contributed by atoms with Crippen LogP contribution in [0, 0.1) is 5.82 Å². The molecule has 3 N–H and O–H groups in total. The second kappa shape index (κ2) is 4.11. The molecular formula is C9H9ClFN3. The van der Waals surface area contributed by atoms with E-state index < -0.39 is 0 Å². The molecule has 0 amide bonds. The minimum Gasteiger partial charge on any atom is -0.382 e. The fourth-order valence-electron chi connectivity index (χ4n) is 1.11. The number of halogens is 2. The predicted octanol–water partition coefficient (Wildman–Crippen LogP) is 2.22. The van der Waals surface area contributed by atoms with Crippen molar-refractivity contribution in [2.75, 3.05) is 5.73 Å². The van der Waals surface area contributed by atoms with Gasteiger partial charge in [-0.2, -0.15) is 5.10 Å². The van der Waals surface area contributed by atoms with Gasteiger partial charge in [-0.1, -0.05) is 0 Å². The first-order chi connectivity index (χ1) is 6.25. The van der Waals surface area contributed by atoms with Crippen molar-refractivity contribution in [3.05, 3.63) is 36.1 Å². The number of benzene rings is 1. The Balaban J connectivity index is 0.000000980. The number of hydrogen-bond donors (Lipinski definition) is 2. The number of nitrogens with two attached hydrogens (primary N) is 1. The van der Waals surface area contributed by atoms with Crippen LogP contribution in [0.3, 0.4) is 0 Å². The fourth-order valence-corrected chi connectivity index (χ4v) is 1.11. The van der Waals surface area contributed by atoms with Gasteiger partial charge in [0.15, 0.2) is 0 Å². The van der Waals surface area contributed by atoms with E-state index in [-0.39, 0.29) is 18.2 Å². The Morgan fingerprint density at radius 1 is 1.21 bits per heavy atom. The van der Waals surface area contributed by atoms with Gasteiger partial charge in [-0.25, -0.2) is 4.39 Å². The van der Waals surface area contributed by atoms with E-state index in [9.17, 15) is 4.39 Å². The van der Waals surface area contributed by atoms with Crippen LogP contribution in [0.2, 0.25) is 0 Å². The molecule has 0 aliphatic rings. The summed E-state index contributed by atoms with van der Waals surface area (Å²) in [6.07, 6.45) is 0. The van der Waals surface area contributed by atoms with Crippen molar-refractivity contribution >= 4 is 18.2 Å². The molecule has 0 fully saturated rings. The molecule has 14 heavy (non-hydrogen) atoms. The lowest BCUT2D eigenvalue weighted by Gasteiger charge is -1.94. The standard InChI is InChI=1S/C9H8FN3.ClH/c10-7-3-1-6(2-4-7)8-5-9(11)13-12-8;/h1-5H,(H3,11,12,13);1H. The summed E-state index contributed by atoms with van der Waals surface area (Å²) >= 11 is 0. The summed E-state index contributed by atoms with van der Waals surface area (Å²) in [6.45, 7) is 0. The van der Waals surface area contributed by atoms with Crippen LogP contribution in [-0.2, 0) is 0 Å². The van der Waals surface area contributed by atoms with Crippen LogP contribution in [0.5, 0.6) is 0 Å². The molecular weight excluding hydrogens is 205 g/mol. The number of aromatic nitrogens is 2. The molecule has 1 aromatic carbocycles. The number of anilines is 1. The van der Waals surface area contributed by atoms with E-state index in [1.165, 1.54) is 12.1 Å². The summed E-state index contributed by atoms with van der Waals surface area (Å²) in [5.74, 6) is 0.176. The van der Waals surface area contributed by atoms with Crippen LogP contribution >= 0.6 is 12.4 Å². The lowest BCUT2D eigenvalue weighted by Crippen LogP contribution is -1.81. The second-order valence-corrected chi connectivity index (χ2v) is 2.71.